The van der Waals surface area contributed by atoms with Crippen LogP contribution in [0, 0.1) is 0 Å². The number of aromatic carboxylic acids is 1. The molecule has 0 aliphatic heterocycles. The number of rotatable bonds is 2. The minimum absolute atomic E-state index is 0.0509. The molecule has 58 valence electrons. The number of anilines is 1. The average Bonchev–Trinajstić information content (AvgIpc) is 2.04. The number of carboxylic acid groups (broad SMARTS) is 1. The normalized spacial score (nSPS) is 9.18. The Hall–Kier alpha value is -1.58. The molecule has 0 aliphatic rings. The van der Waals surface area contributed by atoms with E-state index in [9.17, 15) is 4.79 Å². The zero-order valence-electron chi connectivity index (χ0n) is 6.03. The zero-order chi connectivity index (χ0) is 8.27. The molecule has 1 heterocycles. The summed E-state index contributed by atoms with van der Waals surface area (Å²) in [6.07, 6.45) is 1.45. The number of hydrogen-bond donors (Lipinski definition) is 2. The average molecular weight is 152 g/mol. The first-order valence-electron chi connectivity index (χ1n) is 3.11. The molecule has 0 fully saturated rings. The Morgan fingerprint density at radius 2 is 2.45 bits per heavy atom. The zero-order valence-corrected chi connectivity index (χ0v) is 6.03. The summed E-state index contributed by atoms with van der Waals surface area (Å²) in [6, 6.07) is 3.34. The molecule has 0 aromatic carbocycles. The van der Waals surface area contributed by atoms with Crippen molar-refractivity contribution in [3.63, 3.8) is 0 Å². The smallest absolute Gasteiger partial charge is 0.356 e. The minimum atomic E-state index is -1.02. The summed E-state index contributed by atoms with van der Waals surface area (Å²) < 4.78 is 0. The molecule has 0 unspecified atom stereocenters. The molecule has 1 aromatic heterocycles. The molecule has 1 aromatic rings. The van der Waals surface area contributed by atoms with Gasteiger partial charge in [-0.05, 0) is 12.1 Å². The lowest BCUT2D eigenvalue weighted by atomic mass is 10.3. The minimum Gasteiger partial charge on any atom is -0.476 e. The fourth-order valence-corrected chi connectivity index (χ4v) is 0.777. The van der Waals surface area contributed by atoms with E-state index in [0.29, 0.717) is 5.69 Å². The van der Waals surface area contributed by atoms with E-state index in [0.717, 1.165) is 0 Å². The lowest BCUT2D eigenvalue weighted by Gasteiger charge is -2.01. The van der Waals surface area contributed by atoms with Gasteiger partial charge in [0.25, 0.3) is 0 Å². The fourth-order valence-electron chi connectivity index (χ4n) is 0.777. The SMILES string of the molecule is CNc1cccnc1C(=O)O. The molecule has 0 spiro atoms. The van der Waals surface area contributed by atoms with E-state index in [1.165, 1.54) is 6.20 Å². The quantitative estimate of drug-likeness (QED) is 0.658. The largest absolute Gasteiger partial charge is 0.476 e. The van der Waals surface area contributed by atoms with Gasteiger partial charge in [-0.3, -0.25) is 0 Å². The van der Waals surface area contributed by atoms with Gasteiger partial charge in [-0.25, -0.2) is 9.78 Å². The fraction of sp³-hybridized carbons (Fsp3) is 0.143. The summed E-state index contributed by atoms with van der Waals surface area (Å²) >= 11 is 0. The van der Waals surface area contributed by atoms with Crippen molar-refractivity contribution in [2.75, 3.05) is 12.4 Å². The number of nitrogens with zero attached hydrogens (tertiary/aromatic N) is 1. The first-order valence-corrected chi connectivity index (χ1v) is 3.11. The molecule has 0 saturated heterocycles. The first kappa shape index (κ1) is 7.53. The first-order chi connectivity index (χ1) is 5.25. The molecular weight excluding hydrogens is 144 g/mol. The van der Waals surface area contributed by atoms with Gasteiger partial charge in [0.15, 0.2) is 5.69 Å². The second-order valence-corrected chi connectivity index (χ2v) is 1.95. The molecule has 11 heavy (non-hydrogen) atoms. The molecule has 0 atom stereocenters. The van der Waals surface area contributed by atoms with Crippen LogP contribution in [-0.4, -0.2) is 23.1 Å². The van der Waals surface area contributed by atoms with Gasteiger partial charge in [-0.2, -0.15) is 0 Å². The van der Waals surface area contributed by atoms with E-state index < -0.39 is 5.97 Å². The molecule has 2 N–H and O–H groups in total. The molecular formula is C7H8N2O2. The summed E-state index contributed by atoms with van der Waals surface area (Å²) in [5.41, 5.74) is 0.579. The molecule has 4 heteroatoms. The van der Waals surface area contributed by atoms with Crippen LogP contribution in [0.4, 0.5) is 5.69 Å². The van der Waals surface area contributed by atoms with E-state index in [4.69, 9.17) is 5.11 Å². The Morgan fingerprint density at radius 1 is 1.73 bits per heavy atom. The van der Waals surface area contributed by atoms with E-state index in [1.54, 1.807) is 19.2 Å². The van der Waals surface area contributed by atoms with Crippen molar-refractivity contribution in [3.8, 4) is 0 Å². The second kappa shape index (κ2) is 3.01. The predicted octanol–water partition coefficient (Wildman–Crippen LogP) is 0.821. The number of carbonyl (C=O) groups is 1. The molecule has 0 saturated carbocycles. The summed E-state index contributed by atoms with van der Waals surface area (Å²) in [7, 11) is 1.66. The lowest BCUT2D eigenvalue weighted by Crippen LogP contribution is -2.04. The highest BCUT2D eigenvalue weighted by Gasteiger charge is 2.08. The summed E-state index contributed by atoms with van der Waals surface area (Å²) in [5, 5.41) is 11.3. The molecule has 0 bridgehead atoms. The Labute approximate surface area is 63.9 Å². The van der Waals surface area contributed by atoms with E-state index in [-0.39, 0.29) is 5.69 Å². The third-order valence-corrected chi connectivity index (χ3v) is 1.28. The van der Waals surface area contributed by atoms with Gasteiger partial charge >= 0.3 is 5.97 Å². The highest BCUT2D eigenvalue weighted by Crippen LogP contribution is 2.09. The maximum atomic E-state index is 10.5. The van der Waals surface area contributed by atoms with Crippen LogP contribution < -0.4 is 5.32 Å². The second-order valence-electron chi connectivity index (χ2n) is 1.95. The monoisotopic (exact) mass is 152 g/mol. The highest BCUT2D eigenvalue weighted by molar-refractivity contribution is 5.91. The van der Waals surface area contributed by atoms with Crippen molar-refractivity contribution in [2.24, 2.45) is 0 Å². The number of carboxylic acids is 1. The van der Waals surface area contributed by atoms with Gasteiger partial charge in [0.2, 0.25) is 0 Å². The van der Waals surface area contributed by atoms with Crippen molar-refractivity contribution < 1.29 is 9.90 Å². The van der Waals surface area contributed by atoms with Crippen LogP contribution in [0.3, 0.4) is 0 Å². The van der Waals surface area contributed by atoms with Gasteiger partial charge in [-0.1, -0.05) is 0 Å². The van der Waals surface area contributed by atoms with Gasteiger partial charge in [-0.15, -0.1) is 0 Å². The van der Waals surface area contributed by atoms with Gasteiger partial charge in [0, 0.05) is 13.2 Å². The molecule has 4 nitrogen and oxygen atoms in total. The van der Waals surface area contributed by atoms with Crippen LogP contribution in [0.15, 0.2) is 18.3 Å². The van der Waals surface area contributed by atoms with Crippen LogP contribution >= 0.6 is 0 Å². The Kier molecular flexibility index (Phi) is 2.06. The third kappa shape index (κ3) is 1.46. The molecule has 0 radical (unpaired) electrons. The number of hydrogen-bond acceptors (Lipinski definition) is 3. The van der Waals surface area contributed by atoms with Crippen molar-refractivity contribution in [2.45, 2.75) is 0 Å². The molecule has 0 aliphatic carbocycles. The van der Waals surface area contributed by atoms with Crippen molar-refractivity contribution in [3.05, 3.63) is 24.0 Å². The summed E-state index contributed by atoms with van der Waals surface area (Å²) in [6.45, 7) is 0. The van der Waals surface area contributed by atoms with E-state index >= 15 is 0 Å². The van der Waals surface area contributed by atoms with Gasteiger partial charge < -0.3 is 10.4 Å². The van der Waals surface area contributed by atoms with Crippen molar-refractivity contribution in [1.82, 2.24) is 4.98 Å². The Balaban J connectivity index is 3.12. The topological polar surface area (TPSA) is 62.2 Å². The Bertz CT molecular complexity index is 273. The maximum Gasteiger partial charge on any atom is 0.356 e. The predicted molar refractivity (Wildman–Crippen MR) is 40.7 cm³/mol. The number of aromatic nitrogens is 1. The molecule has 0 amide bonds. The maximum absolute atomic E-state index is 10.5. The van der Waals surface area contributed by atoms with Crippen LogP contribution in [0.25, 0.3) is 0 Å². The highest BCUT2D eigenvalue weighted by atomic mass is 16.4. The van der Waals surface area contributed by atoms with E-state index in [1.807, 2.05) is 0 Å². The van der Waals surface area contributed by atoms with Gasteiger partial charge in [0.05, 0.1) is 5.69 Å². The standard InChI is InChI=1S/C7H8N2O2/c1-8-5-3-2-4-9-6(5)7(10)11/h2-4,8H,1H3,(H,10,11). The third-order valence-electron chi connectivity index (χ3n) is 1.28. The van der Waals surface area contributed by atoms with Crippen LogP contribution in [-0.2, 0) is 0 Å². The molecule has 1 rings (SSSR count). The number of nitrogens with one attached hydrogen (secondary N) is 1. The Morgan fingerprint density at radius 3 is 2.91 bits per heavy atom. The van der Waals surface area contributed by atoms with Crippen LogP contribution in [0.5, 0.6) is 0 Å². The van der Waals surface area contributed by atoms with Crippen molar-refractivity contribution >= 4 is 11.7 Å². The van der Waals surface area contributed by atoms with Gasteiger partial charge in [0.1, 0.15) is 0 Å². The van der Waals surface area contributed by atoms with E-state index in [2.05, 4.69) is 10.3 Å². The summed E-state index contributed by atoms with van der Waals surface area (Å²) in [5.74, 6) is -1.02. The lowest BCUT2D eigenvalue weighted by molar-refractivity contribution is 0.0691. The summed E-state index contributed by atoms with van der Waals surface area (Å²) in [4.78, 5) is 14.2. The van der Waals surface area contributed by atoms with Crippen LogP contribution in [0.2, 0.25) is 0 Å². The number of pyridine rings is 1. The van der Waals surface area contributed by atoms with Crippen LogP contribution in [0.1, 0.15) is 10.5 Å². The van der Waals surface area contributed by atoms with Crippen molar-refractivity contribution in [1.29, 1.82) is 0 Å².